The van der Waals surface area contributed by atoms with Crippen LogP contribution in [0, 0.1) is 0 Å². The third-order valence-corrected chi connectivity index (χ3v) is 4.02. The van der Waals surface area contributed by atoms with Gasteiger partial charge >= 0.3 is 0 Å². The van der Waals surface area contributed by atoms with Gasteiger partial charge in [0.15, 0.2) is 0 Å². The first kappa shape index (κ1) is 9.16. The van der Waals surface area contributed by atoms with Crippen LogP contribution in [0.4, 0.5) is 0 Å². The fraction of sp³-hybridized carbons (Fsp3) is 0.500. The summed E-state index contributed by atoms with van der Waals surface area (Å²) in [5, 5.41) is 3.28. The van der Waals surface area contributed by atoms with E-state index in [0.29, 0.717) is 0 Å². The zero-order valence-electron chi connectivity index (χ0n) is 7.72. The summed E-state index contributed by atoms with van der Waals surface area (Å²) in [5.41, 5.74) is 1.29. The summed E-state index contributed by atoms with van der Waals surface area (Å²) in [5.74, 6) is 0. The lowest BCUT2D eigenvalue weighted by atomic mass is 10.2. The van der Waals surface area contributed by atoms with Gasteiger partial charge in [-0.3, -0.25) is 0 Å². The van der Waals surface area contributed by atoms with Crippen LogP contribution in [0.5, 0.6) is 0 Å². The predicted octanol–water partition coefficient (Wildman–Crippen LogP) is 2.52. The molecule has 0 spiro atoms. The Labute approximate surface area is 88.2 Å². The van der Waals surface area contributed by atoms with Gasteiger partial charge in [-0.2, -0.15) is 0 Å². The Balaban J connectivity index is 2.39. The van der Waals surface area contributed by atoms with Crippen molar-refractivity contribution >= 4 is 28.5 Å². The number of thiocarbonyl (C=S) groups is 1. The van der Waals surface area contributed by atoms with Crippen LogP contribution >= 0.6 is 23.6 Å². The van der Waals surface area contributed by atoms with Gasteiger partial charge in [0, 0.05) is 21.9 Å². The molecule has 13 heavy (non-hydrogen) atoms. The monoisotopic (exact) mass is 211 g/mol. The molecule has 70 valence electrons. The molecule has 3 heteroatoms. The fourth-order valence-electron chi connectivity index (χ4n) is 1.58. The zero-order chi connectivity index (χ0) is 9.26. The van der Waals surface area contributed by atoms with Gasteiger partial charge in [-0.15, -0.1) is 11.3 Å². The number of fused-ring (bicyclic) bond motifs is 1. The van der Waals surface area contributed by atoms with Gasteiger partial charge in [0.1, 0.15) is 4.99 Å². The van der Waals surface area contributed by atoms with Crippen LogP contribution in [0.2, 0.25) is 0 Å². The van der Waals surface area contributed by atoms with E-state index in [2.05, 4.69) is 18.3 Å². The molecule has 0 radical (unpaired) electrons. The van der Waals surface area contributed by atoms with Crippen LogP contribution in [0.25, 0.3) is 0 Å². The summed E-state index contributed by atoms with van der Waals surface area (Å²) >= 11 is 7.23. The zero-order valence-corrected chi connectivity index (χ0v) is 9.36. The second-order valence-electron chi connectivity index (χ2n) is 3.26. The molecule has 0 bridgehead atoms. The van der Waals surface area contributed by atoms with Crippen molar-refractivity contribution in [1.82, 2.24) is 5.32 Å². The van der Waals surface area contributed by atoms with E-state index in [1.165, 1.54) is 28.2 Å². The molecule has 0 saturated carbocycles. The van der Waals surface area contributed by atoms with E-state index in [-0.39, 0.29) is 0 Å². The molecule has 0 saturated heterocycles. The van der Waals surface area contributed by atoms with Crippen LogP contribution in [0.3, 0.4) is 0 Å². The van der Waals surface area contributed by atoms with E-state index in [4.69, 9.17) is 12.2 Å². The fourth-order valence-corrected chi connectivity index (χ4v) is 3.09. The number of thiophene rings is 1. The average Bonchev–Trinajstić information content (AvgIpc) is 2.48. The SMILES string of the molecule is CCc1cc2c(s1)CCCNC2=S. The Morgan fingerprint density at radius 2 is 2.46 bits per heavy atom. The van der Waals surface area contributed by atoms with Crippen molar-refractivity contribution < 1.29 is 0 Å². The van der Waals surface area contributed by atoms with E-state index >= 15 is 0 Å². The van der Waals surface area contributed by atoms with Crippen LogP contribution in [0.15, 0.2) is 6.07 Å². The topological polar surface area (TPSA) is 12.0 Å². The van der Waals surface area contributed by atoms with Gasteiger partial charge in [-0.1, -0.05) is 19.1 Å². The minimum absolute atomic E-state index is 0.948. The van der Waals surface area contributed by atoms with Crippen LogP contribution < -0.4 is 5.32 Å². The maximum absolute atomic E-state index is 5.30. The molecular weight excluding hydrogens is 198 g/mol. The summed E-state index contributed by atoms with van der Waals surface area (Å²) in [6.07, 6.45) is 3.52. The minimum atomic E-state index is 0.948. The van der Waals surface area contributed by atoms with Crippen molar-refractivity contribution in [2.24, 2.45) is 0 Å². The highest BCUT2D eigenvalue weighted by Gasteiger charge is 2.14. The molecule has 1 aliphatic rings. The van der Waals surface area contributed by atoms with Crippen LogP contribution in [0.1, 0.15) is 28.7 Å². The highest BCUT2D eigenvalue weighted by Crippen LogP contribution is 2.26. The summed E-state index contributed by atoms with van der Waals surface area (Å²) in [4.78, 5) is 3.88. The average molecular weight is 211 g/mol. The van der Waals surface area contributed by atoms with Gasteiger partial charge in [0.05, 0.1) is 0 Å². The summed E-state index contributed by atoms with van der Waals surface area (Å²) in [6.45, 7) is 3.23. The molecule has 0 aliphatic carbocycles. The maximum atomic E-state index is 5.30. The number of rotatable bonds is 1. The van der Waals surface area contributed by atoms with Gasteiger partial charge < -0.3 is 5.32 Å². The smallest absolute Gasteiger partial charge is 0.107 e. The molecule has 1 N–H and O–H groups in total. The Morgan fingerprint density at radius 1 is 1.62 bits per heavy atom. The Morgan fingerprint density at radius 3 is 3.23 bits per heavy atom. The van der Waals surface area contributed by atoms with Crippen molar-refractivity contribution in [2.45, 2.75) is 26.2 Å². The molecule has 2 rings (SSSR count). The highest BCUT2D eigenvalue weighted by molar-refractivity contribution is 7.80. The van der Waals surface area contributed by atoms with E-state index in [0.717, 1.165) is 18.0 Å². The first-order chi connectivity index (χ1) is 6.31. The third kappa shape index (κ3) is 1.76. The number of hydrogen-bond donors (Lipinski definition) is 1. The molecule has 1 nitrogen and oxygen atoms in total. The van der Waals surface area contributed by atoms with Crippen LogP contribution in [-0.4, -0.2) is 11.5 Å². The van der Waals surface area contributed by atoms with E-state index in [1.54, 1.807) is 0 Å². The summed E-state index contributed by atoms with van der Waals surface area (Å²) in [6, 6.07) is 2.25. The summed E-state index contributed by atoms with van der Waals surface area (Å²) < 4.78 is 0. The Hall–Kier alpha value is -0.410. The van der Waals surface area contributed by atoms with Gasteiger partial charge in [-0.05, 0) is 25.3 Å². The second kappa shape index (κ2) is 3.76. The molecule has 2 heterocycles. The van der Waals surface area contributed by atoms with Crippen LogP contribution in [-0.2, 0) is 12.8 Å². The molecule has 0 atom stereocenters. The largest absolute Gasteiger partial charge is 0.376 e. The van der Waals surface area contributed by atoms with E-state index in [1.807, 2.05) is 11.3 Å². The highest BCUT2D eigenvalue weighted by atomic mass is 32.1. The quantitative estimate of drug-likeness (QED) is 0.716. The number of nitrogens with one attached hydrogen (secondary N) is 1. The van der Waals surface area contributed by atoms with Crippen molar-refractivity contribution in [3.8, 4) is 0 Å². The molecule has 1 aromatic rings. The molecule has 0 fully saturated rings. The van der Waals surface area contributed by atoms with Crippen molar-refractivity contribution in [3.05, 3.63) is 21.4 Å². The first-order valence-corrected chi connectivity index (χ1v) is 5.93. The lowest BCUT2D eigenvalue weighted by molar-refractivity contribution is 0.800. The Kier molecular flexibility index (Phi) is 2.65. The normalized spacial score (nSPS) is 16.2. The maximum Gasteiger partial charge on any atom is 0.107 e. The van der Waals surface area contributed by atoms with Gasteiger partial charge in [0.25, 0.3) is 0 Å². The lowest BCUT2D eigenvalue weighted by Crippen LogP contribution is -2.21. The Bertz CT molecular complexity index is 328. The predicted molar refractivity (Wildman–Crippen MR) is 61.7 cm³/mol. The minimum Gasteiger partial charge on any atom is -0.376 e. The lowest BCUT2D eigenvalue weighted by Gasteiger charge is -2.00. The van der Waals surface area contributed by atoms with Crippen molar-refractivity contribution in [3.63, 3.8) is 0 Å². The molecular formula is C10H13NS2. The van der Waals surface area contributed by atoms with E-state index < -0.39 is 0 Å². The van der Waals surface area contributed by atoms with E-state index in [9.17, 15) is 0 Å². The molecule has 1 aromatic heterocycles. The molecule has 0 aromatic carbocycles. The number of aryl methyl sites for hydroxylation is 2. The van der Waals surface area contributed by atoms with Crippen molar-refractivity contribution in [2.75, 3.05) is 6.54 Å². The van der Waals surface area contributed by atoms with Gasteiger partial charge in [-0.25, -0.2) is 0 Å². The summed E-state index contributed by atoms with van der Waals surface area (Å²) in [7, 11) is 0. The molecule has 0 unspecified atom stereocenters. The molecule has 0 amide bonds. The first-order valence-electron chi connectivity index (χ1n) is 4.71. The standard InChI is InChI=1S/C10H13NS2/c1-2-7-6-8-9(13-7)4-3-5-11-10(8)12/h6H,2-5H2,1H3,(H,11,12). The third-order valence-electron chi connectivity index (χ3n) is 2.32. The number of hydrogen-bond acceptors (Lipinski definition) is 2. The van der Waals surface area contributed by atoms with Crippen molar-refractivity contribution in [1.29, 1.82) is 0 Å². The molecule has 1 aliphatic heterocycles. The second-order valence-corrected chi connectivity index (χ2v) is 4.89. The van der Waals surface area contributed by atoms with Gasteiger partial charge in [0.2, 0.25) is 0 Å².